The molecule has 1 N–H and O–H groups in total. The van der Waals surface area contributed by atoms with Gasteiger partial charge in [0.05, 0.1) is 5.56 Å². The van der Waals surface area contributed by atoms with Crippen LogP contribution in [-0.4, -0.2) is 9.97 Å². The van der Waals surface area contributed by atoms with Gasteiger partial charge in [0.15, 0.2) is 0 Å². The third-order valence-corrected chi connectivity index (χ3v) is 3.22. The van der Waals surface area contributed by atoms with Crippen molar-refractivity contribution in [2.75, 3.05) is 0 Å². The van der Waals surface area contributed by atoms with Crippen molar-refractivity contribution >= 4 is 11.0 Å². The molecule has 2 heterocycles. The molecule has 3 rings (SSSR count). The predicted octanol–water partition coefficient (Wildman–Crippen LogP) is 4.23. The van der Waals surface area contributed by atoms with Crippen LogP contribution in [0.15, 0.2) is 42.7 Å². The van der Waals surface area contributed by atoms with Crippen LogP contribution in [0.4, 0.5) is 13.2 Å². The molecule has 2 nitrogen and oxygen atoms in total. The van der Waals surface area contributed by atoms with Gasteiger partial charge in [0.1, 0.15) is 5.65 Å². The lowest BCUT2D eigenvalue weighted by atomic mass is 9.99. The van der Waals surface area contributed by atoms with Crippen LogP contribution in [0.2, 0.25) is 0 Å². The number of pyridine rings is 1. The number of fused-ring (bicyclic) bond motifs is 1. The number of nitrogens with one attached hydrogen (secondary N) is 1. The van der Waals surface area contributed by atoms with E-state index in [9.17, 15) is 13.2 Å². The van der Waals surface area contributed by atoms with Crippen LogP contribution < -0.4 is 0 Å². The Labute approximate surface area is 118 Å². The van der Waals surface area contributed by atoms with E-state index in [1.54, 1.807) is 12.1 Å². The number of halogens is 3. The molecule has 21 heavy (non-hydrogen) atoms. The summed E-state index contributed by atoms with van der Waals surface area (Å²) < 4.78 is 39.4. The summed E-state index contributed by atoms with van der Waals surface area (Å²) in [5.74, 6) is 2.43. The zero-order chi connectivity index (χ0) is 15.0. The summed E-state index contributed by atoms with van der Waals surface area (Å²) in [5.41, 5.74) is 0.876. The van der Waals surface area contributed by atoms with Gasteiger partial charge in [0.25, 0.3) is 0 Å². The fourth-order valence-corrected chi connectivity index (χ4v) is 2.27. The lowest BCUT2D eigenvalue weighted by molar-refractivity contribution is -0.137. The Kier molecular flexibility index (Phi) is 2.95. The Morgan fingerprint density at radius 2 is 1.90 bits per heavy atom. The molecule has 104 valence electrons. The number of rotatable bonds is 1. The normalized spacial score (nSPS) is 11.5. The van der Waals surface area contributed by atoms with Gasteiger partial charge in [-0.1, -0.05) is 24.1 Å². The van der Waals surface area contributed by atoms with Crippen molar-refractivity contribution in [1.82, 2.24) is 9.97 Å². The van der Waals surface area contributed by atoms with Gasteiger partial charge >= 0.3 is 6.18 Å². The number of nitrogens with zero attached hydrogens (tertiary/aromatic N) is 1. The van der Waals surface area contributed by atoms with Crippen molar-refractivity contribution in [2.45, 2.75) is 6.18 Å². The SMILES string of the molecule is C#Cc1cnc2[nH]cc(-c3ccccc3C(F)(F)F)c2c1. The summed E-state index contributed by atoms with van der Waals surface area (Å²) in [6, 6.07) is 7.09. The highest BCUT2D eigenvalue weighted by Crippen LogP contribution is 2.39. The largest absolute Gasteiger partial charge is 0.417 e. The minimum absolute atomic E-state index is 0.104. The minimum atomic E-state index is -4.42. The fraction of sp³-hybridized carbons (Fsp3) is 0.0625. The van der Waals surface area contributed by atoms with Gasteiger partial charge in [0.2, 0.25) is 0 Å². The van der Waals surface area contributed by atoms with Crippen molar-refractivity contribution in [3.05, 3.63) is 53.9 Å². The minimum Gasteiger partial charge on any atom is -0.346 e. The predicted molar refractivity (Wildman–Crippen MR) is 74.5 cm³/mol. The second kappa shape index (κ2) is 4.67. The maximum atomic E-state index is 13.1. The molecular formula is C16H9F3N2. The average molecular weight is 286 g/mol. The molecule has 1 aromatic carbocycles. The molecule has 0 aliphatic heterocycles. The number of aromatic amines is 1. The van der Waals surface area contributed by atoms with Crippen LogP contribution in [0.3, 0.4) is 0 Å². The van der Waals surface area contributed by atoms with Gasteiger partial charge in [0, 0.05) is 28.9 Å². The quantitative estimate of drug-likeness (QED) is 0.666. The average Bonchev–Trinajstić information content (AvgIpc) is 2.89. The summed E-state index contributed by atoms with van der Waals surface area (Å²) in [5, 5.41) is 0.571. The molecule has 5 heteroatoms. The topological polar surface area (TPSA) is 28.7 Å². The van der Waals surface area contributed by atoms with Gasteiger partial charge in [-0.05, 0) is 17.7 Å². The summed E-state index contributed by atoms with van der Waals surface area (Å²) in [6.07, 6.45) is 3.91. The van der Waals surface area contributed by atoms with Crippen molar-refractivity contribution < 1.29 is 13.2 Å². The smallest absolute Gasteiger partial charge is 0.346 e. The lowest BCUT2D eigenvalue weighted by Gasteiger charge is -2.11. The van der Waals surface area contributed by atoms with Crippen molar-refractivity contribution in [3.63, 3.8) is 0 Å². The monoisotopic (exact) mass is 286 g/mol. The molecule has 0 atom stereocenters. The van der Waals surface area contributed by atoms with E-state index in [0.717, 1.165) is 6.07 Å². The third kappa shape index (κ3) is 2.25. The number of terminal acetylenes is 1. The number of alkyl halides is 3. The molecule has 0 saturated heterocycles. The fourth-order valence-electron chi connectivity index (χ4n) is 2.27. The van der Waals surface area contributed by atoms with Crippen LogP contribution in [0, 0.1) is 12.3 Å². The van der Waals surface area contributed by atoms with Crippen LogP contribution in [-0.2, 0) is 6.18 Å². The standard InChI is InChI=1S/C16H9F3N2/c1-2-10-7-12-13(9-21-15(12)20-8-10)11-5-3-4-6-14(11)16(17,18)19/h1,3-9H,(H,20,21). The number of H-pyrrole nitrogens is 1. The molecule has 0 unspecified atom stereocenters. The van der Waals surface area contributed by atoms with E-state index in [-0.39, 0.29) is 5.56 Å². The molecule has 0 fully saturated rings. The number of aromatic nitrogens is 2. The maximum Gasteiger partial charge on any atom is 0.417 e. The molecule has 0 bridgehead atoms. The molecule has 0 aliphatic rings. The summed E-state index contributed by atoms with van der Waals surface area (Å²) >= 11 is 0. The lowest BCUT2D eigenvalue weighted by Crippen LogP contribution is -2.06. The number of benzene rings is 1. The first-order chi connectivity index (χ1) is 10.0. The molecule has 0 radical (unpaired) electrons. The Balaban J connectivity index is 2.29. The Morgan fingerprint density at radius 3 is 2.62 bits per heavy atom. The van der Waals surface area contributed by atoms with E-state index < -0.39 is 11.7 Å². The Hall–Kier alpha value is -2.74. The van der Waals surface area contributed by atoms with E-state index in [4.69, 9.17) is 6.42 Å². The molecule has 3 aromatic rings. The molecular weight excluding hydrogens is 277 g/mol. The third-order valence-electron chi connectivity index (χ3n) is 3.22. The van der Waals surface area contributed by atoms with Crippen molar-refractivity contribution in [3.8, 4) is 23.5 Å². The van der Waals surface area contributed by atoms with Gasteiger partial charge in [-0.2, -0.15) is 13.2 Å². The first-order valence-electron chi connectivity index (χ1n) is 6.11. The molecule has 0 spiro atoms. The van der Waals surface area contributed by atoms with Crippen molar-refractivity contribution in [2.24, 2.45) is 0 Å². The second-order valence-corrected chi connectivity index (χ2v) is 4.51. The number of hydrogen-bond acceptors (Lipinski definition) is 1. The zero-order valence-corrected chi connectivity index (χ0v) is 10.7. The highest BCUT2D eigenvalue weighted by atomic mass is 19.4. The molecule has 0 saturated carbocycles. The van der Waals surface area contributed by atoms with E-state index in [0.29, 0.717) is 22.2 Å². The second-order valence-electron chi connectivity index (χ2n) is 4.51. The first kappa shape index (κ1) is 13.3. The van der Waals surface area contributed by atoms with Crippen LogP contribution in [0.25, 0.3) is 22.2 Å². The summed E-state index contributed by atoms with van der Waals surface area (Å²) in [7, 11) is 0. The van der Waals surface area contributed by atoms with Crippen LogP contribution in [0.5, 0.6) is 0 Å². The van der Waals surface area contributed by atoms with E-state index >= 15 is 0 Å². The first-order valence-corrected chi connectivity index (χ1v) is 6.11. The highest BCUT2D eigenvalue weighted by Gasteiger charge is 2.33. The van der Waals surface area contributed by atoms with Crippen LogP contribution in [0.1, 0.15) is 11.1 Å². The molecule has 2 aromatic heterocycles. The van der Waals surface area contributed by atoms with Gasteiger partial charge in [-0.25, -0.2) is 4.98 Å². The van der Waals surface area contributed by atoms with E-state index in [1.165, 1.54) is 24.5 Å². The molecule has 0 amide bonds. The van der Waals surface area contributed by atoms with Gasteiger partial charge < -0.3 is 4.98 Å². The summed E-state index contributed by atoms with van der Waals surface area (Å²) in [6.45, 7) is 0. The Morgan fingerprint density at radius 1 is 1.14 bits per heavy atom. The molecule has 0 aliphatic carbocycles. The van der Waals surface area contributed by atoms with Crippen molar-refractivity contribution in [1.29, 1.82) is 0 Å². The van der Waals surface area contributed by atoms with Gasteiger partial charge in [-0.15, -0.1) is 6.42 Å². The zero-order valence-electron chi connectivity index (χ0n) is 10.7. The Bertz CT molecular complexity index is 854. The maximum absolute atomic E-state index is 13.1. The van der Waals surface area contributed by atoms with Gasteiger partial charge in [-0.3, -0.25) is 0 Å². The van der Waals surface area contributed by atoms with E-state index in [1.807, 2.05) is 0 Å². The highest BCUT2D eigenvalue weighted by molar-refractivity contribution is 5.95. The van der Waals surface area contributed by atoms with Crippen LogP contribution >= 0.6 is 0 Å². The van der Waals surface area contributed by atoms with E-state index in [2.05, 4.69) is 15.9 Å². The summed E-state index contributed by atoms with van der Waals surface area (Å²) in [4.78, 5) is 6.98. The number of hydrogen-bond donors (Lipinski definition) is 1.